The minimum atomic E-state index is -0.616. The lowest BCUT2D eigenvalue weighted by Crippen LogP contribution is -2.39. The third-order valence-electron chi connectivity index (χ3n) is 5.45. The summed E-state index contributed by atoms with van der Waals surface area (Å²) < 4.78 is 5.34. The van der Waals surface area contributed by atoms with Gasteiger partial charge in [0.25, 0.3) is 0 Å². The van der Waals surface area contributed by atoms with Crippen LogP contribution in [-0.4, -0.2) is 35.0 Å². The van der Waals surface area contributed by atoms with Crippen LogP contribution in [0.3, 0.4) is 0 Å². The SMILES string of the molecule is COc1cccc(NC(C(=O)c2c[nH]c3cc(Cl)ccc23)C2=CN3C=CC=CC3N2)c1. The van der Waals surface area contributed by atoms with Gasteiger partial charge in [-0.25, -0.2) is 0 Å². The number of allylic oxidation sites excluding steroid dienone is 2. The number of ketones is 1. The second-order valence-electron chi connectivity index (χ2n) is 7.41. The van der Waals surface area contributed by atoms with E-state index in [4.69, 9.17) is 16.3 Å². The van der Waals surface area contributed by atoms with Crippen LogP contribution in [0.2, 0.25) is 5.02 Å². The van der Waals surface area contributed by atoms with Crippen LogP contribution in [-0.2, 0) is 0 Å². The van der Waals surface area contributed by atoms with Gasteiger partial charge in [0, 0.05) is 51.8 Å². The van der Waals surface area contributed by atoms with Gasteiger partial charge >= 0.3 is 0 Å². The van der Waals surface area contributed by atoms with Crippen molar-refractivity contribution in [2.45, 2.75) is 12.2 Å². The van der Waals surface area contributed by atoms with Crippen molar-refractivity contribution in [1.82, 2.24) is 15.2 Å². The molecule has 1 aromatic heterocycles. The number of anilines is 1. The molecule has 2 atom stereocenters. The van der Waals surface area contributed by atoms with E-state index in [1.807, 2.05) is 71.9 Å². The van der Waals surface area contributed by atoms with Crippen LogP contribution in [0.5, 0.6) is 5.75 Å². The molecule has 3 heterocycles. The monoisotopic (exact) mass is 432 g/mol. The summed E-state index contributed by atoms with van der Waals surface area (Å²) in [6, 6.07) is 12.4. The molecule has 0 fully saturated rings. The quantitative estimate of drug-likeness (QED) is 0.495. The van der Waals surface area contributed by atoms with Crippen molar-refractivity contribution >= 4 is 34.0 Å². The highest BCUT2D eigenvalue weighted by Crippen LogP contribution is 2.28. The molecule has 0 spiro atoms. The summed E-state index contributed by atoms with van der Waals surface area (Å²) in [5.74, 6) is 0.664. The normalized spacial score (nSPS) is 17.8. The number of hydrogen-bond acceptors (Lipinski definition) is 5. The number of rotatable bonds is 6. The Morgan fingerprint density at radius 2 is 2.13 bits per heavy atom. The van der Waals surface area contributed by atoms with Gasteiger partial charge in [0.05, 0.1) is 12.8 Å². The number of methoxy groups -OCH3 is 1. The van der Waals surface area contributed by atoms with Gasteiger partial charge in [0.1, 0.15) is 18.0 Å². The molecular formula is C24H21ClN4O2. The number of benzene rings is 2. The Kier molecular flexibility index (Phi) is 4.92. The number of carbonyl (C=O) groups is 1. The lowest BCUT2D eigenvalue weighted by molar-refractivity contribution is 0.0981. The first-order valence-electron chi connectivity index (χ1n) is 9.94. The second kappa shape index (κ2) is 7.89. The topological polar surface area (TPSA) is 69.4 Å². The molecule has 0 aliphatic carbocycles. The molecule has 0 bridgehead atoms. The van der Waals surface area contributed by atoms with Crippen molar-refractivity contribution < 1.29 is 9.53 Å². The van der Waals surface area contributed by atoms with E-state index in [0.717, 1.165) is 28.0 Å². The maximum absolute atomic E-state index is 13.8. The number of nitrogens with one attached hydrogen (secondary N) is 3. The van der Waals surface area contributed by atoms with Gasteiger partial charge in [-0.1, -0.05) is 29.8 Å². The Bertz CT molecular complexity index is 1240. The van der Waals surface area contributed by atoms with Crippen LogP contribution >= 0.6 is 11.6 Å². The molecule has 2 aliphatic rings. The van der Waals surface area contributed by atoms with Gasteiger partial charge in [0.15, 0.2) is 5.78 Å². The Labute approximate surface area is 184 Å². The molecule has 6 nitrogen and oxygen atoms in total. The lowest BCUT2D eigenvalue weighted by atomic mass is 10.0. The average molecular weight is 433 g/mol. The summed E-state index contributed by atoms with van der Waals surface area (Å²) in [7, 11) is 1.62. The van der Waals surface area contributed by atoms with E-state index in [1.54, 1.807) is 19.4 Å². The number of fused-ring (bicyclic) bond motifs is 2. The third-order valence-corrected chi connectivity index (χ3v) is 5.68. The molecule has 2 unspecified atom stereocenters. The molecule has 5 rings (SSSR count). The van der Waals surface area contributed by atoms with Gasteiger partial charge < -0.3 is 25.3 Å². The first kappa shape index (κ1) is 19.3. The lowest BCUT2D eigenvalue weighted by Gasteiger charge is -2.23. The number of aromatic amines is 1. The van der Waals surface area contributed by atoms with Crippen LogP contribution in [0.4, 0.5) is 5.69 Å². The van der Waals surface area contributed by atoms with E-state index >= 15 is 0 Å². The van der Waals surface area contributed by atoms with Crippen LogP contribution in [0, 0.1) is 0 Å². The number of aromatic nitrogens is 1. The highest BCUT2D eigenvalue weighted by Gasteiger charge is 2.32. The Morgan fingerprint density at radius 1 is 1.23 bits per heavy atom. The highest BCUT2D eigenvalue weighted by atomic mass is 35.5. The molecule has 0 saturated heterocycles. The number of hydrogen-bond donors (Lipinski definition) is 3. The summed E-state index contributed by atoms with van der Waals surface area (Å²) in [6.07, 6.45) is 11.7. The molecule has 2 aliphatic heterocycles. The zero-order chi connectivity index (χ0) is 21.4. The molecule has 3 N–H and O–H groups in total. The number of ether oxygens (including phenoxy) is 1. The number of H-pyrrole nitrogens is 1. The fourth-order valence-electron chi connectivity index (χ4n) is 3.90. The summed E-state index contributed by atoms with van der Waals surface area (Å²) in [4.78, 5) is 19.0. The molecule has 7 heteroatoms. The maximum atomic E-state index is 13.8. The molecule has 3 aromatic rings. The van der Waals surface area contributed by atoms with Crippen molar-refractivity contribution in [3.8, 4) is 5.75 Å². The van der Waals surface area contributed by atoms with Gasteiger partial charge in [-0.15, -0.1) is 0 Å². The van der Waals surface area contributed by atoms with Crippen LogP contribution in [0.15, 0.2) is 85.0 Å². The van der Waals surface area contributed by atoms with Crippen molar-refractivity contribution in [3.05, 3.63) is 95.6 Å². The second-order valence-corrected chi connectivity index (χ2v) is 7.85. The summed E-state index contributed by atoms with van der Waals surface area (Å²) in [5.41, 5.74) is 3.01. The average Bonchev–Trinajstić information content (AvgIpc) is 3.40. The Balaban J connectivity index is 1.53. The number of carbonyl (C=O) groups excluding carboxylic acids is 1. The molecule has 0 radical (unpaired) electrons. The number of halogens is 1. The van der Waals surface area contributed by atoms with Gasteiger partial charge in [-0.05, 0) is 36.4 Å². The predicted molar refractivity (Wildman–Crippen MR) is 123 cm³/mol. The molecule has 2 aromatic carbocycles. The van der Waals surface area contributed by atoms with E-state index in [1.165, 1.54) is 0 Å². The summed E-state index contributed by atoms with van der Waals surface area (Å²) in [6.45, 7) is 0. The first-order valence-corrected chi connectivity index (χ1v) is 10.3. The van der Waals surface area contributed by atoms with Gasteiger partial charge in [-0.3, -0.25) is 4.79 Å². The van der Waals surface area contributed by atoms with E-state index in [2.05, 4.69) is 15.6 Å². The minimum absolute atomic E-state index is 0.0100. The molecular weight excluding hydrogens is 412 g/mol. The first-order chi connectivity index (χ1) is 15.1. The van der Waals surface area contributed by atoms with Gasteiger partial charge in [0.2, 0.25) is 0 Å². The smallest absolute Gasteiger partial charge is 0.193 e. The van der Waals surface area contributed by atoms with E-state index in [9.17, 15) is 4.79 Å². The zero-order valence-electron chi connectivity index (χ0n) is 16.8. The Morgan fingerprint density at radius 3 is 2.97 bits per heavy atom. The van der Waals surface area contributed by atoms with Crippen molar-refractivity contribution in [2.75, 3.05) is 12.4 Å². The number of nitrogens with zero attached hydrogens (tertiary/aromatic N) is 1. The van der Waals surface area contributed by atoms with Crippen LogP contribution < -0.4 is 15.4 Å². The van der Waals surface area contributed by atoms with Crippen LogP contribution in [0.25, 0.3) is 10.9 Å². The third kappa shape index (κ3) is 3.66. The van der Waals surface area contributed by atoms with E-state index < -0.39 is 6.04 Å². The fraction of sp³-hybridized carbons (Fsp3) is 0.125. The Hall–Kier alpha value is -3.64. The largest absolute Gasteiger partial charge is 0.497 e. The molecule has 0 saturated carbocycles. The highest BCUT2D eigenvalue weighted by molar-refractivity contribution is 6.31. The van der Waals surface area contributed by atoms with Crippen LogP contribution in [0.1, 0.15) is 10.4 Å². The molecule has 156 valence electrons. The number of Topliss-reactive ketones (excluding diaryl/α,β-unsaturated/α-hetero) is 1. The minimum Gasteiger partial charge on any atom is -0.497 e. The van der Waals surface area contributed by atoms with E-state index in [0.29, 0.717) is 10.6 Å². The predicted octanol–water partition coefficient (Wildman–Crippen LogP) is 4.65. The van der Waals surface area contributed by atoms with Gasteiger partial charge in [-0.2, -0.15) is 0 Å². The zero-order valence-corrected chi connectivity index (χ0v) is 17.6. The molecule has 0 amide bonds. The molecule has 31 heavy (non-hydrogen) atoms. The summed E-state index contributed by atoms with van der Waals surface area (Å²) >= 11 is 6.11. The fourth-order valence-corrected chi connectivity index (χ4v) is 4.08. The summed E-state index contributed by atoms with van der Waals surface area (Å²) in [5, 5.41) is 8.30. The van der Waals surface area contributed by atoms with E-state index in [-0.39, 0.29) is 11.9 Å². The van der Waals surface area contributed by atoms with Crippen molar-refractivity contribution in [3.63, 3.8) is 0 Å². The maximum Gasteiger partial charge on any atom is 0.193 e. The van der Waals surface area contributed by atoms with Crippen molar-refractivity contribution in [1.29, 1.82) is 0 Å². The van der Waals surface area contributed by atoms with Crippen molar-refractivity contribution in [2.24, 2.45) is 0 Å². The standard InChI is InChI=1S/C24H21ClN4O2/c1-31-17-6-4-5-16(12-17)27-23(21-14-29-10-3-2-7-22(29)28-21)24(30)19-13-26-20-11-15(25)8-9-18(19)20/h2-14,22-23,26-28H,1H3.